The van der Waals surface area contributed by atoms with Crippen molar-refractivity contribution in [1.82, 2.24) is 9.97 Å². The van der Waals surface area contributed by atoms with E-state index in [1.54, 1.807) is 20.8 Å². The lowest BCUT2D eigenvalue weighted by Crippen LogP contribution is -2.36. The largest absolute Gasteiger partial charge is 0.393 e. The van der Waals surface area contributed by atoms with Crippen LogP contribution in [-0.2, 0) is 0 Å². The van der Waals surface area contributed by atoms with Gasteiger partial charge in [0.2, 0.25) is 5.95 Å². The van der Waals surface area contributed by atoms with Gasteiger partial charge in [-0.15, -0.1) is 0 Å². The summed E-state index contributed by atoms with van der Waals surface area (Å²) in [6.07, 6.45) is -9.08. The first-order chi connectivity index (χ1) is 14.1. The lowest BCUT2D eigenvalue weighted by molar-refractivity contribution is 0.0739. The van der Waals surface area contributed by atoms with E-state index in [4.69, 9.17) is 18.1 Å². The highest BCUT2D eigenvalue weighted by atomic mass is 16.3. The molecule has 0 saturated heterocycles. The summed E-state index contributed by atoms with van der Waals surface area (Å²) < 4.78 is 72.4. The number of nitrogens with one attached hydrogen (secondary N) is 2. The van der Waals surface area contributed by atoms with Crippen LogP contribution in [0, 0.1) is 5.89 Å². The predicted molar refractivity (Wildman–Crippen MR) is 90.4 cm³/mol. The van der Waals surface area contributed by atoms with Gasteiger partial charge in [-0.1, -0.05) is 6.85 Å². The first-order valence-electron chi connectivity index (χ1n) is 11.5. The Morgan fingerprint density at radius 2 is 2.30 bits per heavy atom. The molecule has 3 atom stereocenters. The monoisotopic (exact) mass is 330 g/mol. The van der Waals surface area contributed by atoms with Crippen LogP contribution in [0.15, 0.2) is 6.20 Å². The Bertz CT molecular complexity index is 905. The smallest absolute Gasteiger partial charge is 0.254 e. The van der Waals surface area contributed by atoms with Crippen LogP contribution in [0.1, 0.15) is 69.5 Å². The molecule has 1 aliphatic rings. The van der Waals surface area contributed by atoms with Crippen molar-refractivity contribution in [2.75, 3.05) is 10.6 Å². The number of anilines is 2. The standard InChI is InChI=1S/C16H27N5O2/c1-9-5-6-10(7-12(9)22)19-14-11(13(17)23)8-18-15(20-14)21-16(2,3)4/h8-10,12,22H,5-7H2,1-4H3,(H2,17,23)(H2,18,19,20,21)/i1D3,5D2,6D2,9D,10D. The molecule has 7 heteroatoms. The Labute approximate surface area is 149 Å². The molecule has 3 unspecified atom stereocenters. The Balaban J connectivity index is 2.62. The number of primary amides is 1. The Kier molecular flexibility index (Phi) is 2.57. The molecular weight excluding hydrogens is 294 g/mol. The quantitative estimate of drug-likeness (QED) is 0.669. The number of nitrogens with zero attached hydrogens (tertiary/aromatic N) is 2. The summed E-state index contributed by atoms with van der Waals surface area (Å²) >= 11 is 0. The van der Waals surface area contributed by atoms with Crippen molar-refractivity contribution in [1.29, 1.82) is 0 Å². The van der Waals surface area contributed by atoms with E-state index < -0.39 is 61.3 Å². The van der Waals surface area contributed by atoms with Gasteiger partial charge in [-0.05, 0) is 45.8 Å². The van der Waals surface area contributed by atoms with Gasteiger partial charge < -0.3 is 21.5 Å². The van der Waals surface area contributed by atoms with Crippen LogP contribution in [0.2, 0.25) is 0 Å². The maximum absolute atomic E-state index is 11.9. The zero-order chi connectivity index (χ0) is 25.1. The topological polar surface area (TPSA) is 113 Å². The summed E-state index contributed by atoms with van der Waals surface area (Å²) in [6, 6.07) is -2.73. The van der Waals surface area contributed by atoms with E-state index in [9.17, 15) is 9.90 Å². The van der Waals surface area contributed by atoms with Crippen molar-refractivity contribution in [2.45, 2.75) is 64.5 Å². The van der Waals surface area contributed by atoms with E-state index in [0.29, 0.717) is 0 Å². The zero-order valence-corrected chi connectivity index (χ0v) is 13.2. The maximum Gasteiger partial charge on any atom is 0.254 e. The number of hydrogen-bond donors (Lipinski definition) is 4. The minimum absolute atomic E-state index is 0.00846. The van der Waals surface area contributed by atoms with Crippen LogP contribution >= 0.6 is 0 Å². The first kappa shape index (κ1) is 8.82. The number of hydrogen-bond acceptors (Lipinski definition) is 6. The number of aromatic nitrogens is 2. The fraction of sp³-hybridized carbons (Fsp3) is 0.688. The van der Waals surface area contributed by atoms with E-state index in [2.05, 4.69) is 20.6 Å². The minimum atomic E-state index is -3.52. The molecule has 1 fully saturated rings. The van der Waals surface area contributed by atoms with Gasteiger partial charge in [0, 0.05) is 28.7 Å². The van der Waals surface area contributed by atoms with Crippen LogP contribution in [-0.4, -0.2) is 38.6 Å². The molecular formula is C16H27N5O2. The van der Waals surface area contributed by atoms with E-state index >= 15 is 0 Å². The van der Waals surface area contributed by atoms with E-state index in [-0.39, 0.29) is 11.5 Å². The molecule has 0 aromatic carbocycles. The molecule has 0 bridgehead atoms. The molecule has 1 heterocycles. The van der Waals surface area contributed by atoms with Gasteiger partial charge in [0.25, 0.3) is 5.91 Å². The summed E-state index contributed by atoms with van der Waals surface area (Å²) in [5, 5.41) is 15.7. The van der Waals surface area contributed by atoms with Crippen LogP contribution in [0.3, 0.4) is 0 Å². The lowest BCUT2D eigenvalue weighted by Gasteiger charge is -2.32. The number of carbonyl (C=O) groups is 1. The second-order valence-electron chi connectivity index (χ2n) is 6.18. The molecule has 0 aliphatic heterocycles. The molecule has 1 aliphatic carbocycles. The van der Waals surface area contributed by atoms with Gasteiger partial charge in [0.15, 0.2) is 0 Å². The molecule has 23 heavy (non-hydrogen) atoms. The molecule has 5 N–H and O–H groups in total. The van der Waals surface area contributed by atoms with Crippen molar-refractivity contribution < 1.29 is 22.2 Å². The fourth-order valence-corrected chi connectivity index (χ4v) is 1.85. The number of nitrogens with two attached hydrogens (primary N) is 1. The zero-order valence-electron chi connectivity index (χ0n) is 22.2. The van der Waals surface area contributed by atoms with Gasteiger partial charge in [-0.3, -0.25) is 4.79 Å². The predicted octanol–water partition coefficient (Wildman–Crippen LogP) is 1.75. The minimum Gasteiger partial charge on any atom is -0.393 e. The lowest BCUT2D eigenvalue weighted by atomic mass is 9.85. The van der Waals surface area contributed by atoms with Crippen LogP contribution in [0.4, 0.5) is 11.8 Å². The van der Waals surface area contributed by atoms with Crippen LogP contribution < -0.4 is 16.4 Å². The van der Waals surface area contributed by atoms with Crippen molar-refractivity contribution in [3.8, 4) is 0 Å². The second-order valence-corrected chi connectivity index (χ2v) is 6.18. The molecule has 0 spiro atoms. The van der Waals surface area contributed by atoms with E-state index in [0.717, 1.165) is 6.20 Å². The molecule has 1 aromatic heterocycles. The number of rotatable bonds is 4. The van der Waals surface area contributed by atoms with Crippen molar-refractivity contribution in [3.05, 3.63) is 11.8 Å². The third-order valence-electron chi connectivity index (χ3n) is 2.89. The molecule has 1 saturated carbocycles. The number of amides is 1. The average Bonchev–Trinajstić information content (AvgIpc) is 2.56. The SMILES string of the molecule is [2H]C([2H])([2H])C1([2H])C(O)CC([2H])(Nc2nc(NC(C)(C)C)ncc2C(N)=O)C([2H])([2H])C1([2H])[2H]. The first-order valence-corrected chi connectivity index (χ1v) is 7.02. The third kappa shape index (κ3) is 4.79. The number of aliphatic hydroxyl groups excluding tert-OH is 1. The molecule has 2 rings (SSSR count). The fourth-order valence-electron chi connectivity index (χ4n) is 1.85. The van der Waals surface area contributed by atoms with Crippen molar-refractivity contribution in [3.63, 3.8) is 0 Å². The van der Waals surface area contributed by atoms with Gasteiger partial charge in [0.05, 0.1) is 13.0 Å². The Morgan fingerprint density at radius 1 is 1.57 bits per heavy atom. The van der Waals surface area contributed by atoms with Crippen LogP contribution in [0.5, 0.6) is 0 Å². The highest BCUT2D eigenvalue weighted by Crippen LogP contribution is 2.27. The van der Waals surface area contributed by atoms with Crippen LogP contribution in [0.25, 0.3) is 0 Å². The highest BCUT2D eigenvalue weighted by Gasteiger charge is 2.27. The van der Waals surface area contributed by atoms with E-state index in [1.807, 2.05) is 0 Å². The molecule has 1 aromatic rings. The summed E-state index contributed by atoms with van der Waals surface area (Å²) in [4.78, 5) is 19.9. The Hall–Kier alpha value is -1.89. The number of aliphatic hydroxyl groups is 1. The molecule has 128 valence electrons. The molecule has 1 amide bonds. The number of carbonyl (C=O) groups excluding carboxylic acids is 1. The van der Waals surface area contributed by atoms with Crippen molar-refractivity contribution in [2.24, 2.45) is 11.6 Å². The highest BCUT2D eigenvalue weighted by molar-refractivity contribution is 5.97. The van der Waals surface area contributed by atoms with Gasteiger partial charge >= 0.3 is 0 Å². The summed E-state index contributed by atoms with van der Waals surface area (Å²) in [5.74, 6) is -4.69. The van der Waals surface area contributed by atoms with Gasteiger partial charge in [-0.2, -0.15) is 4.98 Å². The Morgan fingerprint density at radius 3 is 2.91 bits per heavy atom. The third-order valence-corrected chi connectivity index (χ3v) is 2.89. The van der Waals surface area contributed by atoms with Crippen molar-refractivity contribution >= 4 is 17.7 Å². The van der Waals surface area contributed by atoms with Gasteiger partial charge in [0.1, 0.15) is 5.82 Å². The summed E-state index contributed by atoms with van der Waals surface area (Å²) in [6.45, 7) is 1.99. The maximum atomic E-state index is 11.9. The normalized spacial score (nSPS) is 42.1. The van der Waals surface area contributed by atoms with E-state index in [1.165, 1.54) is 0 Å². The summed E-state index contributed by atoms with van der Waals surface area (Å²) in [5.41, 5.74) is 4.48. The molecule has 0 radical (unpaired) electrons. The molecule has 7 nitrogen and oxygen atoms in total. The average molecular weight is 330 g/mol. The second kappa shape index (κ2) is 6.70. The summed E-state index contributed by atoms with van der Waals surface area (Å²) in [7, 11) is 0. The van der Waals surface area contributed by atoms with Gasteiger partial charge in [-0.25, -0.2) is 4.98 Å².